The third-order valence-electron chi connectivity index (χ3n) is 12.1. The van der Waals surface area contributed by atoms with Crippen molar-refractivity contribution in [3.8, 4) is 0 Å². The second-order valence-corrected chi connectivity index (χ2v) is 17.8. The molecule has 0 bridgehead atoms. The number of unbranched alkanes of at least 4 members (excludes halogenated alkanes) is 32. The van der Waals surface area contributed by atoms with Gasteiger partial charge < -0.3 is 25.7 Å². The summed E-state index contributed by atoms with van der Waals surface area (Å²) in [4.78, 5) is 12.6. The monoisotopic (exact) mass is 832 g/mol. The lowest BCUT2D eigenvalue weighted by atomic mass is 10.00. The molecule has 0 rings (SSSR count). The fraction of sp³-hybridized carbons (Fsp3) is 0.868. The van der Waals surface area contributed by atoms with Gasteiger partial charge in [-0.05, 0) is 77.0 Å². The van der Waals surface area contributed by atoms with Gasteiger partial charge in [-0.2, -0.15) is 0 Å². The van der Waals surface area contributed by atoms with Crippen LogP contribution in [0.15, 0.2) is 36.5 Å². The van der Waals surface area contributed by atoms with Crippen molar-refractivity contribution in [2.45, 2.75) is 289 Å². The summed E-state index contributed by atoms with van der Waals surface area (Å²) in [5.74, 6) is -0.600. The van der Waals surface area contributed by atoms with Gasteiger partial charge in [-0.1, -0.05) is 224 Å². The van der Waals surface area contributed by atoms with Crippen LogP contribution in [-0.4, -0.2) is 57.3 Å². The summed E-state index contributed by atoms with van der Waals surface area (Å²) in [7, 11) is 0. The maximum absolute atomic E-state index is 12.6. The Morgan fingerprint density at radius 3 is 1.07 bits per heavy atom. The van der Waals surface area contributed by atoms with Crippen LogP contribution in [0.4, 0.5) is 0 Å². The molecule has 59 heavy (non-hydrogen) atoms. The molecule has 0 radical (unpaired) electrons. The Kier molecular flexibility index (Phi) is 46.4. The molecule has 5 N–H and O–H groups in total. The van der Waals surface area contributed by atoms with Gasteiger partial charge in [-0.25, -0.2) is 0 Å². The van der Waals surface area contributed by atoms with Gasteiger partial charge in [0.1, 0.15) is 12.2 Å². The van der Waals surface area contributed by atoms with E-state index in [1.54, 1.807) is 0 Å². The normalized spacial score (nSPS) is 14.2. The number of amides is 1. The van der Waals surface area contributed by atoms with Crippen LogP contribution in [-0.2, 0) is 4.79 Å². The molecule has 0 aromatic carbocycles. The Labute approximate surface area is 367 Å². The van der Waals surface area contributed by atoms with Gasteiger partial charge in [0.2, 0.25) is 5.91 Å². The Bertz CT molecular complexity index is 935. The molecule has 6 heteroatoms. The highest BCUT2D eigenvalue weighted by atomic mass is 16.3. The summed E-state index contributed by atoms with van der Waals surface area (Å²) in [5, 5.41) is 43.8. The van der Waals surface area contributed by atoms with E-state index in [2.05, 4.69) is 55.6 Å². The van der Waals surface area contributed by atoms with E-state index in [1.807, 2.05) is 0 Å². The molecule has 0 fully saturated rings. The van der Waals surface area contributed by atoms with Gasteiger partial charge >= 0.3 is 0 Å². The molecular weight excluding hydrogens is 731 g/mol. The van der Waals surface area contributed by atoms with Crippen LogP contribution in [0, 0.1) is 0 Å². The van der Waals surface area contributed by atoms with Crippen molar-refractivity contribution in [3.63, 3.8) is 0 Å². The van der Waals surface area contributed by atoms with Crippen molar-refractivity contribution in [2.75, 3.05) is 6.61 Å². The van der Waals surface area contributed by atoms with E-state index in [9.17, 15) is 25.2 Å². The Hall–Kier alpha value is -1.47. The molecule has 0 heterocycles. The van der Waals surface area contributed by atoms with Gasteiger partial charge in [-0.15, -0.1) is 0 Å². The first-order valence-electron chi connectivity index (χ1n) is 25.9. The lowest BCUT2D eigenvalue weighted by Crippen LogP contribution is -2.53. The van der Waals surface area contributed by atoms with Crippen molar-refractivity contribution >= 4 is 5.91 Å². The summed E-state index contributed by atoms with van der Waals surface area (Å²) in [6.45, 7) is 4.06. The van der Waals surface area contributed by atoms with Crippen LogP contribution in [0.1, 0.15) is 264 Å². The average Bonchev–Trinajstić information content (AvgIpc) is 3.24. The summed E-state index contributed by atoms with van der Waals surface area (Å²) >= 11 is 0. The number of nitrogens with one attached hydrogen (secondary N) is 1. The molecule has 4 unspecified atom stereocenters. The molecule has 0 saturated carbocycles. The molecule has 4 atom stereocenters. The Balaban J connectivity index is 3.74. The van der Waals surface area contributed by atoms with Crippen LogP contribution in [0.25, 0.3) is 0 Å². The SMILES string of the molecule is CCCCCCCCCCCCCC/C=C\CCCCCCCCC(O)C(=O)NC(CO)C(O)C(O)CCC/C=C/CC/C=C/CCCCCCCCCCCCCC. The molecule has 0 spiro atoms. The molecule has 1 amide bonds. The summed E-state index contributed by atoms with van der Waals surface area (Å²) in [5.41, 5.74) is 0. The third-order valence-corrected chi connectivity index (χ3v) is 12.1. The average molecular weight is 832 g/mol. The standard InChI is InChI=1S/C53H101NO5/c1-3-5-7-9-11-13-15-17-19-21-23-25-27-29-31-33-35-37-39-41-43-45-47-51(57)53(59)54-49(48-55)52(58)50(56)46-44-42-40-38-36-34-32-30-28-26-24-22-20-18-16-14-12-10-8-6-4-2/h29-32,38,40,49-52,55-58H,3-28,33-37,39,41-48H2,1-2H3,(H,54,59)/b31-29-,32-30+,40-38+. The Morgan fingerprint density at radius 2 is 0.712 bits per heavy atom. The van der Waals surface area contributed by atoms with E-state index in [4.69, 9.17) is 0 Å². The van der Waals surface area contributed by atoms with Gasteiger partial charge in [0, 0.05) is 0 Å². The predicted octanol–water partition coefficient (Wildman–Crippen LogP) is 14.5. The Morgan fingerprint density at radius 1 is 0.407 bits per heavy atom. The first-order valence-corrected chi connectivity index (χ1v) is 25.9. The van der Waals surface area contributed by atoms with Crippen molar-refractivity contribution in [1.82, 2.24) is 5.32 Å². The maximum atomic E-state index is 12.6. The number of hydrogen-bond donors (Lipinski definition) is 5. The topological polar surface area (TPSA) is 110 Å². The van der Waals surface area contributed by atoms with Crippen molar-refractivity contribution < 1.29 is 25.2 Å². The molecule has 0 aromatic heterocycles. The summed E-state index contributed by atoms with van der Waals surface area (Å²) in [6.07, 6.45) is 57.7. The van der Waals surface area contributed by atoms with Crippen LogP contribution in [0.5, 0.6) is 0 Å². The fourth-order valence-corrected chi connectivity index (χ4v) is 7.95. The minimum absolute atomic E-state index is 0.353. The third kappa shape index (κ3) is 41.6. The fourth-order valence-electron chi connectivity index (χ4n) is 7.95. The number of rotatable bonds is 47. The highest BCUT2D eigenvalue weighted by Gasteiger charge is 2.28. The smallest absolute Gasteiger partial charge is 0.249 e. The molecule has 6 nitrogen and oxygen atoms in total. The zero-order valence-electron chi connectivity index (χ0n) is 39.3. The van der Waals surface area contributed by atoms with Crippen LogP contribution >= 0.6 is 0 Å². The molecule has 0 saturated heterocycles. The number of aliphatic hydroxyl groups excluding tert-OH is 4. The maximum Gasteiger partial charge on any atom is 0.249 e. The van der Waals surface area contributed by atoms with E-state index in [0.29, 0.717) is 19.3 Å². The van der Waals surface area contributed by atoms with E-state index in [1.165, 1.54) is 180 Å². The second kappa shape index (κ2) is 47.6. The van der Waals surface area contributed by atoms with Crippen molar-refractivity contribution in [3.05, 3.63) is 36.5 Å². The van der Waals surface area contributed by atoms with E-state index in [-0.39, 0.29) is 0 Å². The highest BCUT2D eigenvalue weighted by Crippen LogP contribution is 2.16. The number of carbonyl (C=O) groups excluding carboxylic acids is 1. The van der Waals surface area contributed by atoms with E-state index in [0.717, 1.165) is 51.4 Å². The minimum Gasteiger partial charge on any atom is -0.394 e. The minimum atomic E-state index is -1.29. The number of carbonyl (C=O) groups is 1. The quantitative estimate of drug-likeness (QED) is 0.0310. The van der Waals surface area contributed by atoms with Crippen LogP contribution < -0.4 is 5.32 Å². The first kappa shape index (κ1) is 57.5. The zero-order chi connectivity index (χ0) is 43.1. The number of allylic oxidation sites excluding steroid dienone is 6. The lowest BCUT2D eigenvalue weighted by Gasteiger charge is -2.27. The van der Waals surface area contributed by atoms with E-state index >= 15 is 0 Å². The van der Waals surface area contributed by atoms with Gasteiger partial charge in [-0.3, -0.25) is 4.79 Å². The van der Waals surface area contributed by atoms with Gasteiger partial charge in [0.15, 0.2) is 0 Å². The molecular formula is C53H101NO5. The number of hydrogen-bond acceptors (Lipinski definition) is 5. The summed E-state index contributed by atoms with van der Waals surface area (Å²) in [6, 6.07) is -1.01. The second-order valence-electron chi connectivity index (χ2n) is 17.8. The van der Waals surface area contributed by atoms with Crippen LogP contribution in [0.3, 0.4) is 0 Å². The number of aliphatic hydroxyl groups is 4. The molecule has 348 valence electrons. The van der Waals surface area contributed by atoms with Crippen LogP contribution in [0.2, 0.25) is 0 Å². The lowest BCUT2D eigenvalue weighted by molar-refractivity contribution is -0.132. The summed E-state index contributed by atoms with van der Waals surface area (Å²) < 4.78 is 0. The zero-order valence-corrected chi connectivity index (χ0v) is 39.3. The largest absolute Gasteiger partial charge is 0.394 e. The first-order chi connectivity index (χ1) is 29.0. The van der Waals surface area contributed by atoms with Crippen molar-refractivity contribution in [1.29, 1.82) is 0 Å². The van der Waals surface area contributed by atoms with Gasteiger partial charge in [0.05, 0.1) is 18.8 Å². The molecule has 0 aromatic rings. The highest BCUT2D eigenvalue weighted by molar-refractivity contribution is 5.80. The van der Waals surface area contributed by atoms with Crippen molar-refractivity contribution in [2.24, 2.45) is 0 Å². The van der Waals surface area contributed by atoms with Gasteiger partial charge in [0.25, 0.3) is 0 Å². The molecule has 0 aliphatic heterocycles. The predicted molar refractivity (Wildman–Crippen MR) is 256 cm³/mol. The van der Waals surface area contributed by atoms with E-state index < -0.39 is 36.9 Å². The molecule has 0 aliphatic rings. The molecule has 0 aliphatic carbocycles.